The maximum absolute atomic E-state index is 11.2. The van der Waals surface area contributed by atoms with Gasteiger partial charge in [0, 0.05) is 12.6 Å². The molecule has 2 heterocycles. The van der Waals surface area contributed by atoms with E-state index in [2.05, 4.69) is 4.90 Å². The predicted octanol–water partition coefficient (Wildman–Crippen LogP) is 2.34. The first-order valence-corrected chi connectivity index (χ1v) is 6.32. The van der Waals surface area contributed by atoms with Crippen molar-refractivity contribution >= 4 is 5.97 Å². The van der Waals surface area contributed by atoms with Crippen LogP contribution in [0.3, 0.4) is 0 Å². The fraction of sp³-hybridized carbons (Fsp3) is 0.500. The summed E-state index contributed by atoms with van der Waals surface area (Å²) in [6, 6.07) is 8.24. The van der Waals surface area contributed by atoms with Crippen LogP contribution in [0.25, 0.3) is 0 Å². The van der Waals surface area contributed by atoms with Gasteiger partial charge in [0.05, 0.1) is 5.56 Å². The molecule has 2 fully saturated rings. The Kier molecular flexibility index (Phi) is 2.63. The van der Waals surface area contributed by atoms with Crippen LogP contribution < -0.4 is 0 Å². The van der Waals surface area contributed by atoms with Gasteiger partial charge in [-0.05, 0) is 43.4 Å². The minimum absolute atomic E-state index is 0.402. The molecule has 0 aromatic heterocycles. The Morgan fingerprint density at radius 2 is 2.06 bits per heavy atom. The van der Waals surface area contributed by atoms with Gasteiger partial charge < -0.3 is 5.11 Å². The summed E-state index contributed by atoms with van der Waals surface area (Å²) in [7, 11) is 0. The maximum atomic E-state index is 11.2. The number of aromatic carboxylic acids is 1. The van der Waals surface area contributed by atoms with Crippen molar-refractivity contribution in [2.24, 2.45) is 0 Å². The topological polar surface area (TPSA) is 40.5 Å². The molecule has 2 unspecified atom stereocenters. The summed E-state index contributed by atoms with van der Waals surface area (Å²) in [5.74, 6) is -0.398. The first-order valence-electron chi connectivity index (χ1n) is 6.32. The standard InChI is InChI=1S/C14H17NO2/c16-14(17)13-4-2-1-3-12(13)10-5-6-11-7-8-15(11)9-10/h1-4,10-11H,5-9H2,(H,16,17). The molecule has 0 amide bonds. The van der Waals surface area contributed by atoms with Gasteiger partial charge in [0.25, 0.3) is 0 Å². The van der Waals surface area contributed by atoms with E-state index in [1.54, 1.807) is 6.07 Å². The van der Waals surface area contributed by atoms with Gasteiger partial charge in [-0.3, -0.25) is 4.90 Å². The first kappa shape index (κ1) is 10.8. The number of piperidine rings is 1. The number of benzene rings is 1. The zero-order valence-corrected chi connectivity index (χ0v) is 9.80. The quantitative estimate of drug-likeness (QED) is 0.849. The Hall–Kier alpha value is -1.35. The number of hydrogen-bond donors (Lipinski definition) is 1. The normalized spacial score (nSPS) is 28.2. The Morgan fingerprint density at radius 1 is 1.24 bits per heavy atom. The molecule has 0 radical (unpaired) electrons. The summed E-state index contributed by atoms with van der Waals surface area (Å²) < 4.78 is 0. The number of carboxylic acids is 1. The van der Waals surface area contributed by atoms with Crippen molar-refractivity contribution in [3.8, 4) is 0 Å². The van der Waals surface area contributed by atoms with Gasteiger partial charge in [0.1, 0.15) is 0 Å². The summed E-state index contributed by atoms with van der Waals surface area (Å²) in [6.45, 7) is 2.23. The smallest absolute Gasteiger partial charge is 0.335 e. The number of fused-ring (bicyclic) bond motifs is 1. The van der Waals surface area contributed by atoms with Crippen molar-refractivity contribution in [2.75, 3.05) is 13.1 Å². The first-order chi connectivity index (χ1) is 8.25. The van der Waals surface area contributed by atoms with Crippen LogP contribution in [-0.4, -0.2) is 35.1 Å². The summed E-state index contributed by atoms with van der Waals surface area (Å²) in [4.78, 5) is 13.7. The summed E-state index contributed by atoms with van der Waals surface area (Å²) in [5, 5.41) is 9.21. The van der Waals surface area contributed by atoms with Crippen LogP contribution in [0.4, 0.5) is 0 Å². The third kappa shape index (κ3) is 1.84. The molecule has 2 saturated heterocycles. The monoisotopic (exact) mass is 231 g/mol. The second kappa shape index (κ2) is 4.15. The average molecular weight is 231 g/mol. The van der Waals surface area contributed by atoms with E-state index in [1.165, 1.54) is 19.4 Å². The molecule has 1 N–H and O–H groups in total. The van der Waals surface area contributed by atoms with E-state index < -0.39 is 5.97 Å². The van der Waals surface area contributed by atoms with E-state index >= 15 is 0 Å². The molecule has 2 aliphatic heterocycles. The van der Waals surface area contributed by atoms with Gasteiger partial charge in [-0.1, -0.05) is 18.2 Å². The van der Waals surface area contributed by atoms with Gasteiger partial charge in [-0.15, -0.1) is 0 Å². The van der Waals surface area contributed by atoms with Crippen LogP contribution >= 0.6 is 0 Å². The number of hydrogen-bond acceptors (Lipinski definition) is 2. The minimum Gasteiger partial charge on any atom is -0.478 e. The van der Waals surface area contributed by atoms with Crippen molar-refractivity contribution in [3.05, 3.63) is 35.4 Å². The zero-order chi connectivity index (χ0) is 11.8. The Morgan fingerprint density at radius 3 is 2.71 bits per heavy atom. The number of carboxylic acid groups (broad SMARTS) is 1. The van der Waals surface area contributed by atoms with Crippen LogP contribution in [0.5, 0.6) is 0 Å². The second-order valence-electron chi connectivity index (χ2n) is 5.10. The Labute approximate surface area is 101 Å². The van der Waals surface area contributed by atoms with E-state index in [1.807, 2.05) is 18.2 Å². The van der Waals surface area contributed by atoms with Crippen LogP contribution in [0, 0.1) is 0 Å². The lowest BCUT2D eigenvalue weighted by Gasteiger charge is -2.47. The van der Waals surface area contributed by atoms with Crippen molar-refractivity contribution in [1.82, 2.24) is 4.90 Å². The highest BCUT2D eigenvalue weighted by Crippen LogP contribution is 2.36. The van der Waals surface area contributed by atoms with Gasteiger partial charge in [-0.25, -0.2) is 4.79 Å². The fourth-order valence-corrected chi connectivity index (χ4v) is 3.13. The summed E-state index contributed by atoms with van der Waals surface area (Å²) >= 11 is 0. The lowest BCUT2D eigenvalue weighted by molar-refractivity contribution is 0.0432. The van der Waals surface area contributed by atoms with Gasteiger partial charge in [-0.2, -0.15) is 0 Å². The highest BCUT2D eigenvalue weighted by atomic mass is 16.4. The molecule has 90 valence electrons. The van der Waals surface area contributed by atoms with E-state index in [9.17, 15) is 9.90 Å². The highest BCUT2D eigenvalue weighted by Gasteiger charge is 2.35. The van der Waals surface area contributed by atoms with E-state index in [0.717, 1.165) is 24.6 Å². The minimum atomic E-state index is -0.800. The molecule has 2 atom stereocenters. The maximum Gasteiger partial charge on any atom is 0.335 e. The van der Waals surface area contributed by atoms with Crippen molar-refractivity contribution in [3.63, 3.8) is 0 Å². The largest absolute Gasteiger partial charge is 0.478 e. The lowest BCUT2D eigenvalue weighted by atomic mass is 9.81. The molecule has 17 heavy (non-hydrogen) atoms. The molecule has 3 heteroatoms. The van der Waals surface area contributed by atoms with Gasteiger partial charge >= 0.3 is 5.97 Å². The van der Waals surface area contributed by atoms with Crippen LogP contribution in [0.1, 0.15) is 41.1 Å². The fourth-order valence-electron chi connectivity index (χ4n) is 3.13. The zero-order valence-electron chi connectivity index (χ0n) is 9.80. The molecule has 3 nitrogen and oxygen atoms in total. The molecular weight excluding hydrogens is 214 g/mol. The number of nitrogens with zero attached hydrogens (tertiary/aromatic N) is 1. The molecule has 3 rings (SSSR count). The molecule has 0 aliphatic carbocycles. The number of rotatable bonds is 2. The summed E-state index contributed by atoms with van der Waals surface area (Å²) in [5.41, 5.74) is 1.50. The van der Waals surface area contributed by atoms with Gasteiger partial charge in [0.15, 0.2) is 0 Å². The molecule has 0 bridgehead atoms. The molecule has 0 saturated carbocycles. The summed E-state index contributed by atoms with van der Waals surface area (Å²) in [6.07, 6.45) is 3.68. The van der Waals surface area contributed by atoms with Gasteiger partial charge in [0.2, 0.25) is 0 Å². The molecule has 2 aliphatic rings. The molecular formula is C14H17NO2. The molecule has 1 aromatic carbocycles. The molecule has 0 spiro atoms. The van der Waals surface area contributed by atoms with Crippen LogP contribution in [0.2, 0.25) is 0 Å². The lowest BCUT2D eigenvalue weighted by Crippen LogP contribution is -2.52. The van der Waals surface area contributed by atoms with E-state index in [0.29, 0.717) is 11.5 Å². The number of carbonyl (C=O) groups is 1. The highest BCUT2D eigenvalue weighted by molar-refractivity contribution is 5.89. The van der Waals surface area contributed by atoms with Crippen molar-refractivity contribution < 1.29 is 9.90 Å². The Balaban J connectivity index is 1.86. The predicted molar refractivity (Wildman–Crippen MR) is 65.4 cm³/mol. The van der Waals surface area contributed by atoms with E-state index in [4.69, 9.17) is 0 Å². The SMILES string of the molecule is O=C(O)c1ccccc1C1CCC2CCN2C1. The van der Waals surface area contributed by atoms with Crippen molar-refractivity contribution in [2.45, 2.75) is 31.2 Å². The second-order valence-corrected chi connectivity index (χ2v) is 5.10. The third-order valence-corrected chi connectivity index (χ3v) is 4.20. The van der Waals surface area contributed by atoms with E-state index in [-0.39, 0.29) is 0 Å². The Bertz CT molecular complexity index is 444. The third-order valence-electron chi connectivity index (χ3n) is 4.20. The van der Waals surface area contributed by atoms with Crippen molar-refractivity contribution in [1.29, 1.82) is 0 Å². The van der Waals surface area contributed by atoms with Crippen LogP contribution in [0.15, 0.2) is 24.3 Å². The molecule has 1 aromatic rings. The van der Waals surface area contributed by atoms with Crippen LogP contribution in [-0.2, 0) is 0 Å². The average Bonchev–Trinajstić information content (AvgIpc) is 2.31.